The first-order chi connectivity index (χ1) is 17.1. The summed E-state index contributed by atoms with van der Waals surface area (Å²) in [6, 6.07) is 20.9. The molecule has 0 fully saturated rings. The van der Waals surface area contributed by atoms with E-state index in [2.05, 4.69) is 17.2 Å². The van der Waals surface area contributed by atoms with Crippen molar-refractivity contribution in [1.29, 1.82) is 5.26 Å². The minimum absolute atomic E-state index is 0.382. The molecule has 0 aliphatic rings. The fourth-order valence-electron chi connectivity index (χ4n) is 3.47. The van der Waals surface area contributed by atoms with Gasteiger partial charge in [-0.1, -0.05) is 39.0 Å². The maximum atomic E-state index is 12.3. The van der Waals surface area contributed by atoms with Gasteiger partial charge in [0.05, 0.1) is 35.2 Å². The summed E-state index contributed by atoms with van der Waals surface area (Å²) in [7, 11) is 0. The average Bonchev–Trinajstić information content (AvgIpc) is 2.88. The first kappa shape index (κ1) is 25.6. The lowest BCUT2D eigenvalue weighted by Gasteiger charge is -2.09. The highest BCUT2D eigenvalue weighted by atomic mass is 16.5. The van der Waals surface area contributed by atoms with Crippen LogP contribution in [0.4, 0.5) is 11.4 Å². The molecule has 0 heterocycles. The van der Waals surface area contributed by atoms with Gasteiger partial charge in [0, 0.05) is 0 Å². The first-order valence-corrected chi connectivity index (χ1v) is 12.1. The van der Waals surface area contributed by atoms with Gasteiger partial charge in [-0.3, -0.25) is 0 Å². The van der Waals surface area contributed by atoms with Crippen molar-refractivity contribution >= 4 is 17.3 Å². The van der Waals surface area contributed by atoms with Crippen molar-refractivity contribution in [2.24, 2.45) is 10.2 Å². The Kier molecular flexibility index (Phi) is 10.0. The number of azo groups is 1. The molecule has 0 saturated heterocycles. The molecule has 3 aromatic carbocycles. The van der Waals surface area contributed by atoms with E-state index in [-0.39, 0.29) is 0 Å². The van der Waals surface area contributed by atoms with E-state index in [1.165, 1.54) is 32.1 Å². The zero-order valence-electron chi connectivity index (χ0n) is 20.4. The summed E-state index contributed by atoms with van der Waals surface area (Å²) in [5.41, 5.74) is 3.29. The molecule has 0 aliphatic carbocycles. The summed E-state index contributed by atoms with van der Waals surface area (Å²) in [6.07, 6.45) is 7.43. The predicted molar refractivity (Wildman–Crippen MR) is 137 cm³/mol. The molecule has 6 heteroatoms. The van der Waals surface area contributed by atoms with Gasteiger partial charge in [0.2, 0.25) is 0 Å². The van der Waals surface area contributed by atoms with Crippen LogP contribution in [0.5, 0.6) is 11.5 Å². The van der Waals surface area contributed by atoms with E-state index in [9.17, 15) is 4.79 Å². The topological polar surface area (TPSA) is 84.0 Å². The molecule has 0 N–H and O–H groups in total. The molecule has 6 nitrogen and oxygen atoms in total. The van der Waals surface area contributed by atoms with Crippen molar-refractivity contribution < 1.29 is 14.3 Å². The minimum Gasteiger partial charge on any atom is -0.493 e. The van der Waals surface area contributed by atoms with Crippen molar-refractivity contribution in [2.45, 2.75) is 52.4 Å². The highest BCUT2D eigenvalue weighted by Gasteiger charge is 2.09. The van der Waals surface area contributed by atoms with Crippen molar-refractivity contribution in [1.82, 2.24) is 0 Å². The Bertz CT molecular complexity index is 1160. The normalized spacial score (nSPS) is 10.8. The second-order valence-electron chi connectivity index (χ2n) is 8.34. The zero-order valence-corrected chi connectivity index (χ0v) is 20.4. The van der Waals surface area contributed by atoms with Crippen molar-refractivity contribution in [2.75, 3.05) is 6.61 Å². The largest absolute Gasteiger partial charge is 0.493 e. The van der Waals surface area contributed by atoms with Crippen molar-refractivity contribution in [3.05, 3.63) is 83.4 Å². The molecular formula is C29H31N3O3. The second kappa shape index (κ2) is 13.7. The Morgan fingerprint density at radius 3 is 2.20 bits per heavy atom. The maximum absolute atomic E-state index is 12.3. The molecule has 35 heavy (non-hydrogen) atoms. The Morgan fingerprint density at radius 2 is 1.51 bits per heavy atom. The van der Waals surface area contributed by atoms with Gasteiger partial charge >= 0.3 is 5.97 Å². The summed E-state index contributed by atoms with van der Waals surface area (Å²) < 4.78 is 11.3. The van der Waals surface area contributed by atoms with Crippen LogP contribution in [-0.4, -0.2) is 12.6 Å². The lowest BCUT2D eigenvalue weighted by Crippen LogP contribution is -2.07. The van der Waals surface area contributed by atoms with Crippen LogP contribution >= 0.6 is 0 Å². The van der Waals surface area contributed by atoms with E-state index in [1.54, 1.807) is 48.5 Å². The number of ether oxygens (including phenoxy) is 2. The Labute approximate surface area is 207 Å². The zero-order chi connectivity index (χ0) is 24.9. The standard InChI is InChI=1S/C29H31N3O3/c1-3-4-5-6-7-8-19-34-28-18-15-26(20-22(28)2)32-31-25-13-11-24(12-14-25)29(33)35-27-16-9-23(21-30)10-17-27/h9-18,20H,3-8,19H2,1-2H3. The van der Waals surface area contributed by atoms with Crippen molar-refractivity contribution in [3.63, 3.8) is 0 Å². The Hall–Kier alpha value is -3.98. The lowest BCUT2D eigenvalue weighted by atomic mass is 10.1. The summed E-state index contributed by atoms with van der Waals surface area (Å²) in [4.78, 5) is 12.3. The SMILES string of the molecule is CCCCCCCCOc1ccc(N=Nc2ccc(C(=O)Oc3ccc(C#N)cc3)cc2)cc1C. The number of esters is 1. The van der Waals surface area contributed by atoms with E-state index in [4.69, 9.17) is 14.7 Å². The second-order valence-corrected chi connectivity index (χ2v) is 8.34. The summed E-state index contributed by atoms with van der Waals surface area (Å²) in [6.45, 7) is 4.96. The molecule has 0 aliphatic heterocycles. The fourth-order valence-corrected chi connectivity index (χ4v) is 3.47. The van der Waals surface area contributed by atoms with E-state index < -0.39 is 5.97 Å². The van der Waals surface area contributed by atoms with Crippen LogP contribution in [0.25, 0.3) is 0 Å². The van der Waals surface area contributed by atoms with Crippen LogP contribution in [-0.2, 0) is 0 Å². The summed E-state index contributed by atoms with van der Waals surface area (Å²) in [5.74, 6) is 0.778. The molecule has 3 aromatic rings. The molecular weight excluding hydrogens is 438 g/mol. The monoisotopic (exact) mass is 469 g/mol. The molecule has 180 valence electrons. The number of carbonyl (C=O) groups excluding carboxylic acids is 1. The summed E-state index contributed by atoms with van der Waals surface area (Å²) in [5, 5.41) is 17.4. The van der Waals surface area contributed by atoms with Gasteiger partial charge in [0.15, 0.2) is 0 Å². The molecule has 0 saturated carbocycles. The molecule has 3 rings (SSSR count). The Balaban J connectivity index is 1.49. The van der Waals surface area contributed by atoms with Gasteiger partial charge < -0.3 is 9.47 Å². The van der Waals surface area contributed by atoms with Crippen LogP contribution in [0.1, 0.15) is 66.9 Å². The highest BCUT2D eigenvalue weighted by Crippen LogP contribution is 2.26. The van der Waals surface area contributed by atoms with Gasteiger partial charge in [-0.2, -0.15) is 15.5 Å². The first-order valence-electron chi connectivity index (χ1n) is 12.1. The molecule has 0 amide bonds. The molecule has 0 spiro atoms. The van der Waals surface area contributed by atoms with E-state index in [1.807, 2.05) is 31.2 Å². The Morgan fingerprint density at radius 1 is 0.857 bits per heavy atom. The van der Waals surface area contributed by atoms with Gasteiger partial charge in [-0.15, -0.1) is 0 Å². The smallest absolute Gasteiger partial charge is 0.343 e. The number of nitriles is 1. The third-order valence-electron chi connectivity index (χ3n) is 5.49. The molecule has 0 atom stereocenters. The van der Waals surface area contributed by atoms with Crippen LogP contribution in [0.15, 0.2) is 77.0 Å². The quantitative estimate of drug-likeness (QED) is 0.116. The highest BCUT2D eigenvalue weighted by molar-refractivity contribution is 5.91. The van der Waals surface area contributed by atoms with Crippen LogP contribution in [0.2, 0.25) is 0 Å². The maximum Gasteiger partial charge on any atom is 0.343 e. The van der Waals surface area contributed by atoms with Gasteiger partial charge in [0.25, 0.3) is 0 Å². The molecule has 0 radical (unpaired) electrons. The third kappa shape index (κ3) is 8.38. The minimum atomic E-state index is -0.481. The molecule has 0 unspecified atom stereocenters. The number of carbonyl (C=O) groups is 1. The van der Waals surface area contributed by atoms with E-state index >= 15 is 0 Å². The number of nitrogens with zero attached hydrogens (tertiary/aromatic N) is 3. The lowest BCUT2D eigenvalue weighted by molar-refractivity contribution is 0.0735. The van der Waals surface area contributed by atoms with Crippen LogP contribution in [0.3, 0.4) is 0 Å². The average molecular weight is 470 g/mol. The number of unbranched alkanes of at least 4 members (excludes halogenated alkanes) is 5. The van der Waals surface area contributed by atoms with Gasteiger partial charge in [-0.05, 0) is 85.6 Å². The molecule has 0 aromatic heterocycles. The molecule has 0 bridgehead atoms. The third-order valence-corrected chi connectivity index (χ3v) is 5.49. The number of aryl methyl sites for hydroxylation is 1. The summed E-state index contributed by atoms with van der Waals surface area (Å²) >= 11 is 0. The van der Waals surface area contributed by atoms with Crippen LogP contribution in [0, 0.1) is 18.3 Å². The van der Waals surface area contributed by atoms with Gasteiger partial charge in [0.1, 0.15) is 11.5 Å². The van der Waals surface area contributed by atoms with E-state index in [0.29, 0.717) is 22.6 Å². The van der Waals surface area contributed by atoms with Gasteiger partial charge in [-0.25, -0.2) is 4.79 Å². The number of benzene rings is 3. The fraction of sp³-hybridized carbons (Fsp3) is 0.310. The van der Waals surface area contributed by atoms with Crippen molar-refractivity contribution in [3.8, 4) is 17.6 Å². The van der Waals surface area contributed by atoms with Crippen LogP contribution < -0.4 is 9.47 Å². The number of rotatable bonds is 12. The number of hydrogen-bond acceptors (Lipinski definition) is 6. The number of hydrogen-bond donors (Lipinski definition) is 0. The van der Waals surface area contributed by atoms with E-state index in [0.717, 1.165) is 30.0 Å². The predicted octanol–water partition coefficient (Wildman–Crippen LogP) is 8.24.